The van der Waals surface area contributed by atoms with Crippen LogP contribution in [0.2, 0.25) is 0 Å². The molecule has 0 aliphatic heterocycles. The van der Waals surface area contributed by atoms with E-state index in [9.17, 15) is 5.11 Å². The smallest absolute Gasteiger partial charge is 0.226 e. The molecule has 0 amide bonds. The van der Waals surface area contributed by atoms with E-state index in [-0.39, 0.29) is 6.10 Å². The van der Waals surface area contributed by atoms with Gasteiger partial charge in [-0.1, -0.05) is 19.8 Å². The van der Waals surface area contributed by atoms with E-state index in [1.807, 2.05) is 13.0 Å². The summed E-state index contributed by atoms with van der Waals surface area (Å²) < 4.78 is 5.55. The molecule has 1 fully saturated rings. The van der Waals surface area contributed by atoms with E-state index in [2.05, 4.69) is 22.2 Å². The Hall–Kier alpha value is -1.36. The van der Waals surface area contributed by atoms with E-state index in [0.29, 0.717) is 24.4 Å². The first-order chi connectivity index (χ1) is 9.69. The summed E-state index contributed by atoms with van der Waals surface area (Å²) in [5.74, 6) is 1.51. The molecule has 0 radical (unpaired) electrons. The van der Waals surface area contributed by atoms with Crippen LogP contribution >= 0.6 is 0 Å². The number of nitrogens with one attached hydrogen (secondary N) is 1. The average molecular weight is 279 g/mol. The van der Waals surface area contributed by atoms with Crippen LogP contribution in [0.1, 0.15) is 44.7 Å². The Morgan fingerprint density at radius 2 is 2.15 bits per heavy atom. The summed E-state index contributed by atoms with van der Waals surface area (Å²) in [6.07, 6.45) is 5.07. The summed E-state index contributed by atoms with van der Waals surface area (Å²) in [7, 11) is 0. The molecule has 1 aliphatic carbocycles. The molecule has 0 saturated heterocycles. The summed E-state index contributed by atoms with van der Waals surface area (Å²) in [6.45, 7) is 5.38. The standard InChI is InChI=1S/C15H25N3O2/c1-3-8-20-14-9-11(2)17-15(18-14)16-10-12-6-4-5-7-13(12)19/h9,12-13,19H,3-8,10H2,1-2H3,(H,16,17,18). The van der Waals surface area contributed by atoms with E-state index in [0.717, 1.165) is 37.9 Å². The minimum atomic E-state index is -0.197. The number of rotatable bonds is 6. The van der Waals surface area contributed by atoms with Gasteiger partial charge in [0.25, 0.3) is 0 Å². The summed E-state index contributed by atoms with van der Waals surface area (Å²) in [4.78, 5) is 8.72. The first kappa shape index (κ1) is 15.0. The summed E-state index contributed by atoms with van der Waals surface area (Å²) in [6, 6.07) is 1.84. The third kappa shape index (κ3) is 4.34. The van der Waals surface area contributed by atoms with Crippen molar-refractivity contribution < 1.29 is 9.84 Å². The van der Waals surface area contributed by atoms with Crippen LogP contribution in [0.15, 0.2) is 6.07 Å². The highest BCUT2D eigenvalue weighted by Gasteiger charge is 2.22. The highest BCUT2D eigenvalue weighted by Crippen LogP contribution is 2.24. The molecular formula is C15H25N3O2. The number of aliphatic hydroxyl groups is 1. The van der Waals surface area contributed by atoms with Crippen molar-refractivity contribution in [1.82, 2.24) is 9.97 Å². The highest BCUT2D eigenvalue weighted by molar-refractivity contribution is 5.30. The maximum absolute atomic E-state index is 9.97. The van der Waals surface area contributed by atoms with Gasteiger partial charge >= 0.3 is 0 Å². The lowest BCUT2D eigenvalue weighted by molar-refractivity contribution is 0.0762. The predicted octanol–water partition coefficient (Wildman–Crippen LogP) is 2.54. The van der Waals surface area contributed by atoms with Crippen LogP contribution in [0.25, 0.3) is 0 Å². The molecular weight excluding hydrogens is 254 g/mol. The van der Waals surface area contributed by atoms with E-state index in [1.54, 1.807) is 0 Å². The van der Waals surface area contributed by atoms with E-state index in [1.165, 1.54) is 6.42 Å². The van der Waals surface area contributed by atoms with Crippen molar-refractivity contribution in [3.05, 3.63) is 11.8 Å². The van der Waals surface area contributed by atoms with E-state index >= 15 is 0 Å². The maximum Gasteiger partial charge on any atom is 0.226 e. The number of aryl methyl sites for hydroxylation is 1. The first-order valence-corrected chi connectivity index (χ1v) is 7.59. The molecule has 1 aromatic heterocycles. The van der Waals surface area contributed by atoms with Crippen LogP contribution in [0.3, 0.4) is 0 Å². The zero-order chi connectivity index (χ0) is 14.4. The topological polar surface area (TPSA) is 67.3 Å². The summed E-state index contributed by atoms with van der Waals surface area (Å²) >= 11 is 0. The fourth-order valence-electron chi connectivity index (χ4n) is 2.55. The van der Waals surface area contributed by atoms with Gasteiger partial charge in [0.2, 0.25) is 11.8 Å². The quantitative estimate of drug-likeness (QED) is 0.837. The lowest BCUT2D eigenvalue weighted by Crippen LogP contribution is -2.30. The van der Waals surface area contributed by atoms with Gasteiger partial charge in [0.1, 0.15) is 0 Å². The van der Waals surface area contributed by atoms with Crippen molar-refractivity contribution >= 4 is 5.95 Å². The summed E-state index contributed by atoms with van der Waals surface area (Å²) in [5, 5.41) is 13.2. The molecule has 2 N–H and O–H groups in total. The third-order valence-corrected chi connectivity index (χ3v) is 3.68. The Morgan fingerprint density at radius 3 is 2.90 bits per heavy atom. The molecule has 1 heterocycles. The third-order valence-electron chi connectivity index (χ3n) is 3.68. The van der Waals surface area contributed by atoms with E-state index in [4.69, 9.17) is 4.74 Å². The molecule has 1 saturated carbocycles. The zero-order valence-corrected chi connectivity index (χ0v) is 12.4. The Morgan fingerprint density at radius 1 is 1.35 bits per heavy atom. The second-order valence-corrected chi connectivity index (χ2v) is 5.51. The fourth-order valence-corrected chi connectivity index (χ4v) is 2.55. The Balaban J connectivity index is 1.92. The van der Waals surface area contributed by atoms with Crippen molar-refractivity contribution in [3.63, 3.8) is 0 Å². The minimum absolute atomic E-state index is 0.197. The SMILES string of the molecule is CCCOc1cc(C)nc(NCC2CCCCC2O)n1. The van der Waals surface area contributed by atoms with Crippen molar-refractivity contribution in [2.24, 2.45) is 5.92 Å². The molecule has 2 rings (SSSR count). The van der Waals surface area contributed by atoms with Gasteiger partial charge in [-0.3, -0.25) is 0 Å². The normalized spacial score (nSPS) is 22.6. The number of anilines is 1. The van der Waals surface area contributed by atoms with Crippen LogP contribution in [0.5, 0.6) is 5.88 Å². The molecule has 1 aromatic rings. The van der Waals surface area contributed by atoms with Crippen molar-refractivity contribution in [2.75, 3.05) is 18.5 Å². The van der Waals surface area contributed by atoms with Gasteiger partial charge in [-0.15, -0.1) is 0 Å². The molecule has 1 aliphatic rings. The average Bonchev–Trinajstić information content (AvgIpc) is 2.44. The number of ether oxygens (including phenoxy) is 1. The van der Waals surface area contributed by atoms with Gasteiger partial charge in [-0.25, -0.2) is 4.98 Å². The number of aromatic nitrogens is 2. The zero-order valence-electron chi connectivity index (χ0n) is 12.4. The van der Waals surface area contributed by atoms with Crippen molar-refractivity contribution in [3.8, 4) is 5.88 Å². The van der Waals surface area contributed by atoms with Crippen LogP contribution in [-0.2, 0) is 0 Å². The fraction of sp³-hybridized carbons (Fsp3) is 0.733. The van der Waals surface area contributed by atoms with Gasteiger partial charge in [0.15, 0.2) is 0 Å². The van der Waals surface area contributed by atoms with Gasteiger partial charge in [-0.2, -0.15) is 4.98 Å². The second kappa shape index (κ2) is 7.43. The Labute approximate surface area is 120 Å². The summed E-state index contributed by atoms with van der Waals surface area (Å²) in [5.41, 5.74) is 0.887. The molecule has 0 bridgehead atoms. The molecule has 5 heteroatoms. The molecule has 5 nitrogen and oxygen atoms in total. The van der Waals surface area contributed by atoms with Gasteiger partial charge in [-0.05, 0) is 26.2 Å². The van der Waals surface area contributed by atoms with Gasteiger partial charge in [0, 0.05) is 24.2 Å². The van der Waals surface area contributed by atoms with Crippen LogP contribution < -0.4 is 10.1 Å². The number of hydrogen-bond acceptors (Lipinski definition) is 5. The molecule has 0 aromatic carbocycles. The molecule has 2 unspecified atom stereocenters. The number of nitrogens with zero attached hydrogens (tertiary/aromatic N) is 2. The lowest BCUT2D eigenvalue weighted by atomic mass is 9.86. The molecule has 0 spiro atoms. The number of aliphatic hydroxyl groups excluding tert-OH is 1. The van der Waals surface area contributed by atoms with Gasteiger partial charge < -0.3 is 15.2 Å². The monoisotopic (exact) mass is 279 g/mol. The number of hydrogen-bond donors (Lipinski definition) is 2. The van der Waals surface area contributed by atoms with Gasteiger partial charge in [0.05, 0.1) is 12.7 Å². The minimum Gasteiger partial charge on any atom is -0.478 e. The molecule has 2 atom stereocenters. The Bertz CT molecular complexity index is 426. The van der Waals surface area contributed by atoms with Crippen LogP contribution in [-0.4, -0.2) is 34.3 Å². The molecule has 112 valence electrons. The lowest BCUT2D eigenvalue weighted by Gasteiger charge is -2.27. The second-order valence-electron chi connectivity index (χ2n) is 5.51. The van der Waals surface area contributed by atoms with E-state index < -0.39 is 0 Å². The van der Waals surface area contributed by atoms with Crippen molar-refractivity contribution in [1.29, 1.82) is 0 Å². The maximum atomic E-state index is 9.97. The van der Waals surface area contributed by atoms with Crippen LogP contribution in [0, 0.1) is 12.8 Å². The first-order valence-electron chi connectivity index (χ1n) is 7.59. The predicted molar refractivity (Wildman–Crippen MR) is 79.0 cm³/mol. The van der Waals surface area contributed by atoms with Crippen molar-refractivity contribution in [2.45, 2.75) is 52.1 Å². The molecule has 20 heavy (non-hydrogen) atoms. The highest BCUT2D eigenvalue weighted by atomic mass is 16.5. The largest absolute Gasteiger partial charge is 0.478 e. The Kier molecular flexibility index (Phi) is 5.59. The van der Waals surface area contributed by atoms with Crippen LogP contribution in [0.4, 0.5) is 5.95 Å².